The smallest absolute Gasteiger partial charge is 0.383 e. The molecule has 34 heteroatoms. The van der Waals surface area contributed by atoms with Gasteiger partial charge < -0.3 is 40.8 Å². The molecule has 30 nitrogen and oxygen atoms in total. The van der Waals surface area contributed by atoms with Gasteiger partial charge in [-0.2, -0.15) is 19.6 Å². The number of aromatic amines is 1. The Balaban J connectivity index is 0.000000212. The fourth-order valence-corrected chi connectivity index (χ4v) is 9.19. The van der Waals surface area contributed by atoms with Crippen LogP contribution in [0.4, 0.5) is 44.6 Å². The van der Waals surface area contributed by atoms with Gasteiger partial charge in [-0.1, -0.05) is 95.5 Å². The Labute approximate surface area is 682 Å². The van der Waals surface area contributed by atoms with Gasteiger partial charge in [0.25, 0.3) is 12.0 Å². The summed E-state index contributed by atoms with van der Waals surface area (Å²) in [7, 11) is 1.24. The molecule has 0 atom stereocenters. The van der Waals surface area contributed by atoms with Gasteiger partial charge in [0.2, 0.25) is 11.8 Å². The summed E-state index contributed by atoms with van der Waals surface area (Å²) in [4.78, 5) is 74.5. The summed E-state index contributed by atoms with van der Waals surface area (Å²) >= 11 is 16.7. The van der Waals surface area contributed by atoms with Gasteiger partial charge in [-0.15, -0.1) is 6.42 Å². The van der Waals surface area contributed by atoms with Gasteiger partial charge in [-0.05, 0) is 163 Å². The van der Waals surface area contributed by atoms with Gasteiger partial charge in [-0.25, -0.2) is 74.3 Å². The largest absolute Gasteiger partial charge is 0.464 e. The number of pyridine rings is 9. The van der Waals surface area contributed by atoms with E-state index in [1.165, 1.54) is 30.1 Å². The molecule has 0 spiro atoms. The monoisotopic (exact) mass is 1620 g/mol. The Morgan fingerprint density at radius 1 is 0.569 bits per heavy atom. The molecule has 116 heavy (non-hydrogen) atoms. The summed E-state index contributed by atoms with van der Waals surface area (Å²) in [5.74, 6) is 12.2. The van der Waals surface area contributed by atoms with Gasteiger partial charge in [0.05, 0.1) is 32.6 Å². The van der Waals surface area contributed by atoms with Crippen molar-refractivity contribution in [3.63, 3.8) is 0 Å². The quantitative estimate of drug-likeness (QED) is 0.00451. The standard InChI is InChI=1S/C21H16N6O.C14H11ClN4O.C10H13N3O2.C9H9N3O.C7H6N2.C6H6ClN.C6H9N3.C5H3ClFN.C4H4O2/c1-15-5-3-8-20(25-15)27-21(10-12-24-27)28-18-9-11-23-19(14-18)26-17-7-4-6-16(13-17)22-2;1-10-3-2-4-13(18-10)19-14(6-8-17-19)20-11-5-7-16-12(15)9-11;1-9-4-2-5-10(12-9)13-11-6-3-7-15-8-14;1-7-3-2-4-8(11-7)12-9(13)5-6-10-12;1-9-7-4-2-3-6(8)5-7;1-5-3-2-4-6(7)8-5;1-5-3-2-4-6(8-5)9-7;6-5-3-4(7)1-2-8-5;1-3-4(5)6-2/h3-14H,1H3,(H,23,26);2-9H,1H3;2-6,8,11H,7H2,1H3,(H,12,13);2-6,10H,1H3;2-5H,8H2;2-4H,1H3;2-4H,7H2,1H3,(H,8,9);1-3H;1H,2H3/b;;6-3+;;;;;;. The summed E-state index contributed by atoms with van der Waals surface area (Å²) in [6.45, 7) is 25.9. The first-order valence-electron chi connectivity index (χ1n) is 34.1. The Bertz CT molecular complexity index is 5550. The van der Waals surface area contributed by atoms with Crippen molar-refractivity contribution in [2.75, 3.05) is 35.6 Å². The second-order valence-electron chi connectivity index (χ2n) is 22.7. The van der Waals surface area contributed by atoms with Crippen LogP contribution in [-0.2, 0) is 19.1 Å². The zero-order chi connectivity index (χ0) is 83.8. The number of carbonyl (C=O) groups excluding carboxylic acids is 2. The molecular formula is C82H77Cl3FN23O7. The molecule has 14 aromatic rings. The van der Waals surface area contributed by atoms with Crippen molar-refractivity contribution in [2.45, 2.75) is 41.5 Å². The molecule has 0 unspecified atom stereocenters. The van der Waals surface area contributed by atoms with E-state index in [9.17, 15) is 18.8 Å². The predicted octanol–water partition coefficient (Wildman–Crippen LogP) is 16.5. The van der Waals surface area contributed by atoms with Crippen molar-refractivity contribution in [3.05, 3.63) is 350 Å². The van der Waals surface area contributed by atoms with Crippen molar-refractivity contribution in [2.24, 2.45) is 5.84 Å². The summed E-state index contributed by atoms with van der Waals surface area (Å²) in [5.41, 5.74) is 21.6. The lowest BCUT2D eigenvalue weighted by molar-refractivity contribution is -0.133. The number of hydrazine groups is 2. The lowest BCUT2D eigenvalue weighted by Crippen LogP contribution is -2.15. The van der Waals surface area contributed by atoms with Gasteiger partial charge in [0.15, 0.2) is 28.8 Å². The van der Waals surface area contributed by atoms with Gasteiger partial charge in [-0.3, -0.25) is 20.1 Å². The van der Waals surface area contributed by atoms with E-state index in [4.69, 9.17) is 69.0 Å². The van der Waals surface area contributed by atoms with E-state index >= 15 is 0 Å². The maximum Gasteiger partial charge on any atom is 0.383 e. The van der Waals surface area contributed by atoms with Crippen LogP contribution in [0.25, 0.3) is 27.1 Å². The number of nitrogen functional groups attached to an aromatic ring is 2. The number of aromatic nitrogens is 15. The van der Waals surface area contributed by atoms with Crippen LogP contribution in [0.1, 0.15) is 34.2 Å². The first-order chi connectivity index (χ1) is 56.1. The number of rotatable bonds is 16. The molecule has 0 radical (unpaired) electrons. The third kappa shape index (κ3) is 34.0. The Morgan fingerprint density at radius 3 is 1.53 bits per heavy atom. The molecule has 0 amide bonds. The predicted molar refractivity (Wildman–Crippen MR) is 446 cm³/mol. The highest BCUT2D eigenvalue weighted by Gasteiger charge is 2.12. The molecule has 0 saturated carbocycles. The minimum atomic E-state index is -0.630. The maximum absolute atomic E-state index is 12.0. The zero-order valence-electron chi connectivity index (χ0n) is 63.4. The Morgan fingerprint density at radius 2 is 1.07 bits per heavy atom. The first-order valence-corrected chi connectivity index (χ1v) is 35.2. The number of esters is 1. The number of nitrogens with zero attached hydrogens (tertiary/aromatic N) is 16. The fourth-order valence-electron chi connectivity index (χ4n) is 8.66. The molecule has 0 aliphatic rings. The number of hydrogen-bond acceptors (Lipinski definition) is 24. The van der Waals surface area contributed by atoms with Crippen molar-refractivity contribution in [1.29, 1.82) is 0 Å². The summed E-state index contributed by atoms with van der Waals surface area (Å²) < 4.78 is 36.9. The van der Waals surface area contributed by atoms with E-state index in [0.717, 1.165) is 51.7 Å². The molecule has 0 saturated heterocycles. The number of aryl methyl sites for hydroxylation is 6. The number of terminal acetylenes is 1. The maximum atomic E-state index is 12.0. The highest BCUT2D eigenvalue weighted by Crippen LogP contribution is 2.28. The van der Waals surface area contributed by atoms with Crippen molar-refractivity contribution < 1.29 is 32.9 Å². The SMILES string of the molecule is C#CC(=O)OC.Cc1cccc(-n2[nH]ccc2=O)n1.Cc1cccc(-n2nccc2Oc2ccnc(Cl)c2)n1.Cc1cccc(Cl)n1.Cc1cccc(NN)n1.Cc1cccc(NN/C=C/COC=O)n1.Fc1ccnc(Cl)c1.[C-]#[N+]c1cccc(N)c1.[C-]#[N+]c1cccc(Nc2cc(Oc3ccnn3-c3cccc(C)n3)ccn2)c1. The van der Waals surface area contributed by atoms with Gasteiger partial charge >= 0.3 is 5.97 Å². The lowest BCUT2D eigenvalue weighted by Gasteiger charge is -2.10. The minimum Gasteiger partial charge on any atom is -0.464 e. The molecule has 0 bridgehead atoms. The summed E-state index contributed by atoms with van der Waals surface area (Å²) in [5, 5.41) is 15.6. The van der Waals surface area contributed by atoms with Crippen molar-refractivity contribution >= 4 is 87.4 Å². The highest BCUT2D eigenvalue weighted by molar-refractivity contribution is 6.30. The molecular weight excluding hydrogens is 1540 g/mol. The van der Waals surface area contributed by atoms with Gasteiger partial charge in [0, 0.05) is 119 Å². The third-order valence-corrected chi connectivity index (χ3v) is 14.3. The number of anilines is 5. The normalized spacial score (nSPS) is 9.66. The van der Waals surface area contributed by atoms with E-state index in [1.54, 1.807) is 143 Å². The number of benzene rings is 2. The number of H-pyrrole nitrogens is 1. The Kier molecular flexibility index (Phi) is 38.5. The van der Waals surface area contributed by atoms with E-state index in [2.05, 4.69) is 107 Å². The van der Waals surface area contributed by atoms with Gasteiger partial charge in [0.1, 0.15) is 56.8 Å². The molecule has 9 N–H and O–H groups in total. The Hall–Kier alpha value is -15.2. The second kappa shape index (κ2) is 49.8. The third-order valence-electron chi connectivity index (χ3n) is 13.7. The number of hydrogen-bond donors (Lipinski definition) is 7. The number of nitrogens with one attached hydrogen (secondary N) is 5. The van der Waals surface area contributed by atoms with Crippen molar-refractivity contribution in [1.82, 2.24) is 79.6 Å². The number of methoxy groups -OCH3 is 1. The number of carbonyl (C=O) groups is 2. The van der Waals surface area contributed by atoms with Crippen LogP contribution in [0.15, 0.2) is 267 Å². The van der Waals surface area contributed by atoms with Crippen LogP contribution in [0, 0.1) is 72.8 Å². The van der Waals surface area contributed by atoms with E-state index in [-0.39, 0.29) is 23.1 Å². The lowest BCUT2D eigenvalue weighted by atomic mass is 10.3. The van der Waals surface area contributed by atoms with E-state index < -0.39 is 5.97 Å². The average molecular weight is 1620 g/mol. The van der Waals surface area contributed by atoms with E-state index in [0.29, 0.717) is 86.2 Å². The molecule has 12 aromatic heterocycles. The van der Waals surface area contributed by atoms with Crippen LogP contribution in [0.5, 0.6) is 23.3 Å². The molecule has 14 rings (SSSR count). The first kappa shape index (κ1) is 89.7. The van der Waals surface area contributed by atoms with Crippen LogP contribution in [0.3, 0.4) is 0 Å². The summed E-state index contributed by atoms with van der Waals surface area (Å²) in [6.07, 6.45) is 17.3. The molecule has 0 fully saturated rings. The highest BCUT2D eigenvalue weighted by atomic mass is 35.5. The molecule has 590 valence electrons. The van der Waals surface area contributed by atoms with Crippen LogP contribution >= 0.6 is 34.8 Å². The minimum absolute atomic E-state index is 0.0990. The van der Waals surface area contributed by atoms with Crippen LogP contribution in [-0.4, -0.2) is 100 Å². The molecule has 12 heterocycles. The average Bonchev–Trinajstić information content (AvgIpc) is 1.67. The molecule has 0 aliphatic carbocycles. The molecule has 0 aliphatic heterocycles. The second-order valence-corrected chi connectivity index (χ2v) is 23.9. The zero-order valence-corrected chi connectivity index (χ0v) is 65.6. The topological polar surface area (TPSA) is 369 Å². The molecule has 2 aromatic carbocycles. The van der Waals surface area contributed by atoms with Crippen LogP contribution in [0.2, 0.25) is 15.5 Å². The summed E-state index contributed by atoms with van der Waals surface area (Å²) in [6, 6.07) is 62.3. The number of nitrogens with two attached hydrogens (primary N) is 2. The fraction of sp³-hybridized carbons (Fsp3) is 0.0976. The van der Waals surface area contributed by atoms with E-state index in [1.807, 2.05) is 151 Å². The van der Waals surface area contributed by atoms with Crippen LogP contribution < -0.4 is 48.2 Å². The number of halogens is 4. The van der Waals surface area contributed by atoms with Crippen molar-refractivity contribution in [3.8, 4) is 53.1 Å². The number of ether oxygens (including phenoxy) is 4.